The van der Waals surface area contributed by atoms with E-state index in [1.165, 1.54) is 6.07 Å². The molecule has 0 atom stereocenters. The van der Waals surface area contributed by atoms with Gasteiger partial charge in [-0.05, 0) is 55.2 Å². The van der Waals surface area contributed by atoms with Crippen molar-refractivity contribution < 1.29 is 32.3 Å². The van der Waals surface area contributed by atoms with Gasteiger partial charge in [0.2, 0.25) is 5.91 Å². The first-order valence-corrected chi connectivity index (χ1v) is 9.44. The fourth-order valence-electron chi connectivity index (χ4n) is 2.76. The summed E-state index contributed by atoms with van der Waals surface area (Å²) in [4.78, 5) is 32.5. The number of carbonyl (C=O) groups excluding carboxylic acids is 1. The number of nitrogens with one attached hydrogen (secondary N) is 1. The second kappa shape index (κ2) is 10.5. The van der Waals surface area contributed by atoms with Crippen LogP contribution in [0.25, 0.3) is 11.0 Å². The minimum Gasteiger partial charge on any atom is -0.475 e. The Kier molecular flexibility index (Phi) is 8.00. The molecule has 32 heavy (non-hydrogen) atoms. The molecule has 0 saturated heterocycles. The molecule has 10 heteroatoms. The number of nitrogens with two attached hydrogens (primary N) is 1. The predicted molar refractivity (Wildman–Crippen MR) is 113 cm³/mol. The molecule has 1 heterocycles. The van der Waals surface area contributed by atoms with Crippen molar-refractivity contribution >= 4 is 34.2 Å². The number of hydrogen-bond donors (Lipinski definition) is 3. The number of alkyl halides is 3. The summed E-state index contributed by atoms with van der Waals surface area (Å²) in [5, 5.41) is 10.8. The monoisotopic (exact) mass is 450 g/mol. The van der Waals surface area contributed by atoms with Gasteiger partial charge in [-0.3, -0.25) is 4.79 Å². The summed E-state index contributed by atoms with van der Waals surface area (Å²) in [7, 11) is 0. The van der Waals surface area contributed by atoms with Gasteiger partial charge in [0.25, 0.3) is 0 Å². The van der Waals surface area contributed by atoms with Gasteiger partial charge in [0.05, 0.1) is 0 Å². The molecular weight excluding hydrogens is 429 g/mol. The van der Waals surface area contributed by atoms with E-state index in [4.69, 9.17) is 20.1 Å². The molecule has 0 aliphatic heterocycles. The van der Waals surface area contributed by atoms with E-state index in [0.29, 0.717) is 17.7 Å². The molecule has 2 aromatic carbocycles. The Bertz CT molecular complexity index is 1150. The predicted octanol–water partition coefficient (Wildman–Crippen LogP) is 4.28. The van der Waals surface area contributed by atoms with Crippen LogP contribution in [0.3, 0.4) is 0 Å². The number of rotatable bonds is 5. The van der Waals surface area contributed by atoms with Crippen LogP contribution in [-0.2, 0) is 16.0 Å². The number of carboxylic acids is 1. The number of carboxylic acid groups (broad SMARTS) is 1. The Labute approximate surface area is 180 Å². The Morgan fingerprint density at radius 1 is 1.09 bits per heavy atom. The molecule has 0 unspecified atom stereocenters. The second-order valence-electron chi connectivity index (χ2n) is 6.91. The molecule has 0 bridgehead atoms. The molecule has 0 aliphatic rings. The average molecular weight is 450 g/mol. The van der Waals surface area contributed by atoms with E-state index in [1.807, 2.05) is 43.3 Å². The lowest BCUT2D eigenvalue weighted by Crippen LogP contribution is -2.21. The van der Waals surface area contributed by atoms with Gasteiger partial charge < -0.3 is 20.6 Å². The summed E-state index contributed by atoms with van der Waals surface area (Å²) in [6.07, 6.45) is -3.10. The second-order valence-corrected chi connectivity index (χ2v) is 6.91. The number of aryl methyl sites for hydroxylation is 2. The normalized spacial score (nSPS) is 10.9. The standard InChI is InChI=1S/C20H20N2O3.C2HF3O2/c1-13-11-20(24)25-18-12-16(9-10-17(13)18)22-19(23)4-2-3-14-5-7-15(21)8-6-14;3-2(4,5)1(6)7/h5-12H,2-4,21H2,1H3,(H,22,23);(H,6,7). The Hall–Kier alpha value is -3.82. The zero-order valence-corrected chi connectivity index (χ0v) is 17.0. The molecule has 0 fully saturated rings. The van der Waals surface area contributed by atoms with Crippen molar-refractivity contribution in [2.75, 3.05) is 11.1 Å². The summed E-state index contributed by atoms with van der Waals surface area (Å²) in [6.45, 7) is 1.86. The minimum absolute atomic E-state index is 0.0650. The largest absolute Gasteiger partial charge is 0.490 e. The molecule has 4 N–H and O–H groups in total. The van der Waals surface area contributed by atoms with Gasteiger partial charge in [-0.1, -0.05) is 12.1 Å². The Morgan fingerprint density at radius 2 is 1.72 bits per heavy atom. The maximum absolute atomic E-state index is 12.1. The summed E-state index contributed by atoms with van der Waals surface area (Å²) in [5.41, 5.74) is 9.11. The van der Waals surface area contributed by atoms with E-state index in [9.17, 15) is 22.8 Å². The number of hydrogen-bond acceptors (Lipinski definition) is 5. The molecule has 1 aromatic heterocycles. The number of benzene rings is 2. The van der Waals surface area contributed by atoms with E-state index in [1.54, 1.807) is 6.07 Å². The molecule has 3 rings (SSSR count). The highest BCUT2D eigenvalue weighted by Crippen LogP contribution is 2.21. The van der Waals surface area contributed by atoms with Crippen LogP contribution >= 0.6 is 0 Å². The van der Waals surface area contributed by atoms with E-state index in [-0.39, 0.29) is 5.91 Å². The topological polar surface area (TPSA) is 123 Å². The van der Waals surface area contributed by atoms with Crippen molar-refractivity contribution in [3.8, 4) is 0 Å². The quantitative estimate of drug-likeness (QED) is 0.394. The third-order valence-electron chi connectivity index (χ3n) is 4.33. The van der Waals surface area contributed by atoms with Crippen LogP contribution in [0.4, 0.5) is 24.5 Å². The van der Waals surface area contributed by atoms with Gasteiger partial charge in [-0.2, -0.15) is 13.2 Å². The minimum atomic E-state index is -5.08. The summed E-state index contributed by atoms with van der Waals surface area (Å²) in [6, 6.07) is 14.5. The van der Waals surface area contributed by atoms with Gasteiger partial charge in [0.15, 0.2) is 0 Å². The number of fused-ring (bicyclic) bond motifs is 1. The molecule has 0 aliphatic carbocycles. The highest BCUT2D eigenvalue weighted by Gasteiger charge is 2.38. The summed E-state index contributed by atoms with van der Waals surface area (Å²) in [5.74, 6) is -2.82. The lowest BCUT2D eigenvalue weighted by atomic mass is 10.1. The highest BCUT2D eigenvalue weighted by atomic mass is 19.4. The van der Waals surface area contributed by atoms with Crippen LogP contribution < -0.4 is 16.7 Å². The first-order valence-electron chi connectivity index (χ1n) is 9.44. The Morgan fingerprint density at radius 3 is 2.31 bits per heavy atom. The lowest BCUT2D eigenvalue weighted by molar-refractivity contribution is -0.192. The molecule has 170 valence electrons. The van der Waals surface area contributed by atoms with Gasteiger partial charge in [0, 0.05) is 35.3 Å². The lowest BCUT2D eigenvalue weighted by Gasteiger charge is -2.07. The molecule has 7 nitrogen and oxygen atoms in total. The number of anilines is 2. The molecule has 1 amide bonds. The number of amides is 1. The van der Waals surface area contributed by atoms with E-state index < -0.39 is 17.8 Å². The van der Waals surface area contributed by atoms with Crippen molar-refractivity contribution in [1.82, 2.24) is 0 Å². The third kappa shape index (κ3) is 7.46. The van der Waals surface area contributed by atoms with Gasteiger partial charge >= 0.3 is 17.8 Å². The molecule has 3 aromatic rings. The summed E-state index contributed by atoms with van der Waals surface area (Å²) < 4.78 is 36.9. The van der Waals surface area contributed by atoms with Gasteiger partial charge in [0.1, 0.15) is 5.58 Å². The van der Waals surface area contributed by atoms with Crippen molar-refractivity contribution in [2.24, 2.45) is 0 Å². The molecule has 0 spiro atoms. The van der Waals surface area contributed by atoms with Crippen LogP contribution in [0.15, 0.2) is 57.7 Å². The fraction of sp³-hybridized carbons (Fsp3) is 0.227. The third-order valence-corrected chi connectivity index (χ3v) is 4.33. The first-order chi connectivity index (χ1) is 15.0. The van der Waals surface area contributed by atoms with Crippen molar-refractivity contribution in [1.29, 1.82) is 0 Å². The molecule has 0 saturated carbocycles. The zero-order valence-electron chi connectivity index (χ0n) is 17.0. The molecule has 0 radical (unpaired) electrons. The van der Waals surface area contributed by atoms with Crippen LogP contribution in [0, 0.1) is 6.92 Å². The average Bonchev–Trinajstić information content (AvgIpc) is 2.69. The first kappa shape index (κ1) is 24.4. The maximum Gasteiger partial charge on any atom is 0.490 e. The fourth-order valence-corrected chi connectivity index (χ4v) is 2.76. The maximum atomic E-state index is 12.1. The number of carbonyl (C=O) groups is 2. The van der Waals surface area contributed by atoms with E-state index in [0.717, 1.165) is 35.0 Å². The summed E-state index contributed by atoms with van der Waals surface area (Å²) >= 11 is 0. The van der Waals surface area contributed by atoms with Crippen LogP contribution in [0.1, 0.15) is 24.0 Å². The van der Waals surface area contributed by atoms with Crippen molar-refractivity contribution in [3.05, 3.63) is 70.1 Å². The van der Waals surface area contributed by atoms with Crippen LogP contribution in [0.2, 0.25) is 0 Å². The molecular formula is C22H21F3N2O5. The highest BCUT2D eigenvalue weighted by molar-refractivity contribution is 5.93. The van der Waals surface area contributed by atoms with Gasteiger partial charge in [-0.15, -0.1) is 0 Å². The number of aliphatic carboxylic acids is 1. The Balaban J connectivity index is 0.000000451. The zero-order chi connectivity index (χ0) is 23.9. The van der Waals surface area contributed by atoms with Crippen molar-refractivity contribution in [2.45, 2.75) is 32.4 Å². The number of halogens is 3. The van der Waals surface area contributed by atoms with E-state index in [2.05, 4.69) is 5.32 Å². The van der Waals surface area contributed by atoms with Gasteiger partial charge in [-0.25, -0.2) is 9.59 Å². The number of nitrogen functional groups attached to an aromatic ring is 1. The smallest absolute Gasteiger partial charge is 0.475 e. The van der Waals surface area contributed by atoms with Crippen molar-refractivity contribution in [3.63, 3.8) is 0 Å². The van der Waals surface area contributed by atoms with E-state index >= 15 is 0 Å². The van der Waals surface area contributed by atoms with Crippen LogP contribution in [0.5, 0.6) is 0 Å². The SMILES string of the molecule is Cc1cc(=O)oc2cc(NC(=O)CCCc3ccc(N)cc3)ccc12.O=C(O)C(F)(F)F. The van der Waals surface area contributed by atoms with Crippen LogP contribution in [-0.4, -0.2) is 23.2 Å².